The van der Waals surface area contributed by atoms with E-state index in [1.54, 1.807) is 11.2 Å². The summed E-state index contributed by atoms with van der Waals surface area (Å²) in [5.74, 6) is -0.428. The van der Waals surface area contributed by atoms with Crippen LogP contribution in [-0.4, -0.2) is 19.1 Å². The van der Waals surface area contributed by atoms with Crippen molar-refractivity contribution in [3.8, 4) is 0 Å². The molecule has 138 valence electrons. The van der Waals surface area contributed by atoms with E-state index in [2.05, 4.69) is 10.6 Å². The highest BCUT2D eigenvalue weighted by Crippen LogP contribution is 2.31. The second-order valence-corrected chi connectivity index (χ2v) is 6.83. The van der Waals surface area contributed by atoms with Gasteiger partial charge in [0.2, 0.25) is 0 Å². The van der Waals surface area contributed by atoms with Gasteiger partial charge in [0.15, 0.2) is 11.6 Å². The van der Waals surface area contributed by atoms with Crippen molar-refractivity contribution in [2.75, 3.05) is 23.3 Å². The van der Waals surface area contributed by atoms with Gasteiger partial charge in [-0.2, -0.15) is 0 Å². The van der Waals surface area contributed by atoms with Crippen molar-refractivity contribution in [2.45, 2.75) is 38.1 Å². The lowest BCUT2D eigenvalue weighted by Gasteiger charge is -2.23. The lowest BCUT2D eigenvalue weighted by molar-refractivity contribution is 0.246. The molecular formula is C19H21F2N3O2. The summed E-state index contributed by atoms with van der Waals surface area (Å²) in [6, 6.07) is 3.54. The number of aryl methyl sites for hydroxylation is 1. The van der Waals surface area contributed by atoms with Crippen LogP contribution in [0.2, 0.25) is 0 Å². The van der Waals surface area contributed by atoms with Gasteiger partial charge in [0.25, 0.3) is 0 Å². The molecule has 1 atom stereocenters. The Morgan fingerprint density at radius 1 is 1.15 bits per heavy atom. The molecule has 1 fully saturated rings. The number of urea groups is 1. The van der Waals surface area contributed by atoms with Crippen molar-refractivity contribution in [1.29, 1.82) is 0 Å². The number of fused-ring (bicyclic) bond motifs is 1. The molecule has 0 radical (unpaired) electrons. The van der Waals surface area contributed by atoms with Gasteiger partial charge in [-0.25, -0.2) is 13.6 Å². The molecule has 0 bridgehead atoms. The summed E-state index contributed by atoms with van der Waals surface area (Å²) < 4.78 is 34.1. The van der Waals surface area contributed by atoms with Crippen LogP contribution in [0.4, 0.5) is 25.0 Å². The predicted octanol–water partition coefficient (Wildman–Crippen LogP) is 4.36. The van der Waals surface area contributed by atoms with E-state index < -0.39 is 17.7 Å². The van der Waals surface area contributed by atoms with Crippen molar-refractivity contribution in [1.82, 2.24) is 5.32 Å². The van der Waals surface area contributed by atoms with Gasteiger partial charge >= 0.3 is 6.03 Å². The molecule has 2 amide bonds. The number of nitrogens with one attached hydrogen (secondary N) is 2. The molecule has 1 aliphatic carbocycles. The predicted molar refractivity (Wildman–Crippen MR) is 94.3 cm³/mol. The molecule has 1 unspecified atom stereocenters. The van der Waals surface area contributed by atoms with E-state index >= 15 is 0 Å². The molecule has 2 heterocycles. The molecule has 1 aromatic heterocycles. The van der Waals surface area contributed by atoms with E-state index in [0.29, 0.717) is 13.1 Å². The summed E-state index contributed by atoms with van der Waals surface area (Å²) in [5, 5.41) is 5.39. The van der Waals surface area contributed by atoms with Crippen LogP contribution in [0.5, 0.6) is 0 Å². The minimum absolute atomic E-state index is 0.0104. The van der Waals surface area contributed by atoms with Crippen LogP contribution in [0.1, 0.15) is 43.0 Å². The van der Waals surface area contributed by atoms with Crippen molar-refractivity contribution in [3.05, 3.63) is 47.4 Å². The Labute approximate surface area is 150 Å². The quantitative estimate of drug-likeness (QED) is 0.854. The van der Waals surface area contributed by atoms with E-state index in [1.807, 2.05) is 6.07 Å². The van der Waals surface area contributed by atoms with E-state index in [4.69, 9.17) is 4.42 Å². The average molecular weight is 361 g/mol. The van der Waals surface area contributed by atoms with E-state index in [1.165, 1.54) is 12.1 Å². The lowest BCUT2D eigenvalue weighted by atomic mass is 9.93. The first-order valence-electron chi connectivity index (χ1n) is 8.99. The highest BCUT2D eigenvalue weighted by atomic mass is 19.1. The SMILES string of the molecule is O=C(Nc1cc(F)c(N2CCCC2)c(F)c1)NC1CCCc2occc21. The first kappa shape index (κ1) is 16.9. The maximum Gasteiger partial charge on any atom is 0.319 e. The zero-order chi connectivity index (χ0) is 18.1. The molecule has 2 aliphatic rings. The highest BCUT2D eigenvalue weighted by Gasteiger charge is 2.25. The fourth-order valence-corrected chi connectivity index (χ4v) is 3.84. The lowest BCUT2D eigenvalue weighted by Crippen LogP contribution is -2.34. The third-order valence-corrected chi connectivity index (χ3v) is 5.05. The summed E-state index contributed by atoms with van der Waals surface area (Å²) in [6.45, 7) is 1.30. The number of benzene rings is 1. The number of amides is 2. The monoisotopic (exact) mass is 361 g/mol. The van der Waals surface area contributed by atoms with Crippen molar-refractivity contribution >= 4 is 17.4 Å². The van der Waals surface area contributed by atoms with Crippen LogP contribution in [-0.2, 0) is 6.42 Å². The Kier molecular flexibility index (Phi) is 4.53. The average Bonchev–Trinajstić information content (AvgIpc) is 3.25. The number of anilines is 2. The first-order chi connectivity index (χ1) is 12.6. The van der Waals surface area contributed by atoms with Gasteiger partial charge in [-0.05, 0) is 43.9 Å². The van der Waals surface area contributed by atoms with Gasteiger partial charge in [-0.3, -0.25) is 0 Å². The number of rotatable bonds is 3. The van der Waals surface area contributed by atoms with Gasteiger partial charge in [0.05, 0.1) is 12.3 Å². The molecule has 7 heteroatoms. The number of hydrogen-bond donors (Lipinski definition) is 2. The molecule has 5 nitrogen and oxygen atoms in total. The van der Waals surface area contributed by atoms with Crippen molar-refractivity contribution in [2.24, 2.45) is 0 Å². The van der Waals surface area contributed by atoms with Crippen LogP contribution >= 0.6 is 0 Å². The summed E-state index contributed by atoms with van der Waals surface area (Å²) in [5.41, 5.74) is 1.06. The van der Waals surface area contributed by atoms with Crippen LogP contribution in [0.25, 0.3) is 0 Å². The summed E-state index contributed by atoms with van der Waals surface area (Å²) in [4.78, 5) is 14.0. The van der Waals surface area contributed by atoms with Crippen LogP contribution in [0, 0.1) is 11.6 Å². The number of carbonyl (C=O) groups is 1. The van der Waals surface area contributed by atoms with Crippen LogP contribution < -0.4 is 15.5 Å². The fraction of sp³-hybridized carbons (Fsp3) is 0.421. The number of nitrogens with zero attached hydrogens (tertiary/aromatic N) is 1. The molecule has 1 aromatic carbocycles. The van der Waals surface area contributed by atoms with Crippen LogP contribution in [0.15, 0.2) is 28.9 Å². The maximum atomic E-state index is 14.4. The van der Waals surface area contributed by atoms with Crippen molar-refractivity contribution < 1.29 is 18.0 Å². The standard InChI is InChI=1S/C19H21F2N3O2/c20-14-10-12(11-15(21)18(14)24-7-1-2-8-24)22-19(25)23-16-4-3-5-17-13(16)6-9-26-17/h6,9-11,16H,1-5,7-8H2,(H2,22,23,25). The molecule has 0 spiro atoms. The minimum Gasteiger partial charge on any atom is -0.469 e. The molecule has 1 aliphatic heterocycles. The number of furan rings is 1. The van der Waals surface area contributed by atoms with E-state index in [9.17, 15) is 13.6 Å². The largest absolute Gasteiger partial charge is 0.469 e. The Morgan fingerprint density at radius 2 is 1.88 bits per heavy atom. The number of carbonyl (C=O) groups excluding carboxylic acids is 1. The Hall–Kier alpha value is -2.57. The first-order valence-corrected chi connectivity index (χ1v) is 8.99. The van der Waals surface area contributed by atoms with Crippen molar-refractivity contribution in [3.63, 3.8) is 0 Å². The van der Waals surface area contributed by atoms with E-state index in [0.717, 1.165) is 43.4 Å². The Morgan fingerprint density at radius 3 is 2.62 bits per heavy atom. The molecule has 1 saturated heterocycles. The van der Waals surface area contributed by atoms with Gasteiger partial charge in [0.1, 0.15) is 11.4 Å². The summed E-state index contributed by atoms with van der Waals surface area (Å²) >= 11 is 0. The zero-order valence-corrected chi connectivity index (χ0v) is 14.4. The molecule has 2 aromatic rings. The smallest absolute Gasteiger partial charge is 0.319 e. The summed E-state index contributed by atoms with van der Waals surface area (Å²) in [7, 11) is 0. The second-order valence-electron chi connectivity index (χ2n) is 6.83. The fourth-order valence-electron chi connectivity index (χ4n) is 3.84. The second kappa shape index (κ2) is 6.97. The Bertz CT molecular complexity index is 792. The zero-order valence-electron chi connectivity index (χ0n) is 14.4. The molecule has 4 rings (SSSR count). The van der Waals surface area contributed by atoms with Gasteiger partial charge in [-0.15, -0.1) is 0 Å². The third kappa shape index (κ3) is 3.25. The number of hydrogen-bond acceptors (Lipinski definition) is 3. The minimum atomic E-state index is -0.656. The molecule has 0 saturated carbocycles. The highest BCUT2D eigenvalue weighted by molar-refractivity contribution is 5.89. The molecule has 26 heavy (non-hydrogen) atoms. The maximum absolute atomic E-state index is 14.4. The third-order valence-electron chi connectivity index (χ3n) is 5.05. The molecule has 2 N–H and O–H groups in total. The van der Waals surface area contributed by atoms with Gasteiger partial charge in [-0.1, -0.05) is 0 Å². The Balaban J connectivity index is 1.45. The molecular weight excluding hydrogens is 340 g/mol. The number of halogens is 2. The van der Waals surface area contributed by atoms with Gasteiger partial charge in [0, 0.05) is 30.8 Å². The summed E-state index contributed by atoms with van der Waals surface area (Å²) in [6.07, 6.45) is 6.05. The topological polar surface area (TPSA) is 57.5 Å². The van der Waals surface area contributed by atoms with Crippen LogP contribution in [0.3, 0.4) is 0 Å². The van der Waals surface area contributed by atoms with Gasteiger partial charge < -0.3 is 20.0 Å². The normalized spacial score (nSPS) is 19.3. The van der Waals surface area contributed by atoms with E-state index in [-0.39, 0.29) is 17.4 Å².